The summed E-state index contributed by atoms with van der Waals surface area (Å²) in [6, 6.07) is 0. The molecule has 0 radical (unpaired) electrons. The van der Waals surface area contributed by atoms with Crippen molar-refractivity contribution in [2.75, 3.05) is 12.3 Å². The molecule has 18 heavy (non-hydrogen) atoms. The summed E-state index contributed by atoms with van der Waals surface area (Å²) in [5, 5.41) is 9.80. The van der Waals surface area contributed by atoms with E-state index in [-0.39, 0.29) is 5.91 Å². The van der Waals surface area contributed by atoms with Gasteiger partial charge in [0.15, 0.2) is 5.69 Å². The molecule has 1 aliphatic rings. The zero-order valence-corrected chi connectivity index (χ0v) is 11.0. The molecule has 0 aliphatic heterocycles. The van der Waals surface area contributed by atoms with Crippen molar-refractivity contribution in [2.24, 2.45) is 5.92 Å². The van der Waals surface area contributed by atoms with Gasteiger partial charge < -0.3 is 11.1 Å². The molecule has 1 aromatic heterocycles. The van der Waals surface area contributed by atoms with Crippen LogP contribution >= 0.6 is 0 Å². The highest BCUT2D eigenvalue weighted by molar-refractivity contribution is 5.97. The molecule has 0 saturated heterocycles. The van der Waals surface area contributed by atoms with E-state index < -0.39 is 0 Å². The number of nitrogen functional groups attached to an aromatic ring is 1. The van der Waals surface area contributed by atoms with Gasteiger partial charge in [0.2, 0.25) is 0 Å². The van der Waals surface area contributed by atoms with Crippen molar-refractivity contribution in [3.8, 4) is 0 Å². The third kappa shape index (κ3) is 2.83. The Balaban J connectivity index is 1.91. The zero-order chi connectivity index (χ0) is 13.0. The van der Waals surface area contributed by atoms with Crippen LogP contribution in [0.3, 0.4) is 0 Å². The molecule has 0 bridgehead atoms. The van der Waals surface area contributed by atoms with Crippen LogP contribution in [0.15, 0.2) is 0 Å². The van der Waals surface area contributed by atoms with Gasteiger partial charge in [0, 0.05) is 6.54 Å². The Bertz CT molecular complexity index is 407. The molecule has 5 heteroatoms. The second-order valence-corrected chi connectivity index (χ2v) is 5.07. The van der Waals surface area contributed by atoms with Crippen molar-refractivity contribution in [1.82, 2.24) is 15.5 Å². The number of hydrogen-bond acceptors (Lipinski definition) is 3. The average molecular weight is 250 g/mol. The summed E-state index contributed by atoms with van der Waals surface area (Å²) < 4.78 is 0. The molecule has 100 valence electrons. The van der Waals surface area contributed by atoms with Gasteiger partial charge >= 0.3 is 0 Å². The number of amides is 1. The van der Waals surface area contributed by atoms with Crippen LogP contribution in [0, 0.1) is 5.92 Å². The number of aryl methyl sites for hydroxylation is 1. The quantitative estimate of drug-likeness (QED) is 0.746. The molecule has 0 spiro atoms. The van der Waals surface area contributed by atoms with E-state index in [1.807, 2.05) is 0 Å². The summed E-state index contributed by atoms with van der Waals surface area (Å²) in [5.74, 6) is 0.474. The number of carbonyl (C=O) groups excluding carboxylic acids is 1. The largest absolute Gasteiger partial charge is 0.395 e. The third-order valence-electron chi connectivity index (χ3n) is 3.62. The molecule has 4 N–H and O–H groups in total. The van der Waals surface area contributed by atoms with Gasteiger partial charge in [0.1, 0.15) is 0 Å². The van der Waals surface area contributed by atoms with Crippen LogP contribution in [0.4, 0.5) is 5.69 Å². The first kappa shape index (κ1) is 12.9. The highest BCUT2D eigenvalue weighted by atomic mass is 16.1. The predicted octanol–water partition coefficient (Wildman–Crippen LogP) is 1.86. The standard InChI is InChI=1S/C13H22N4O/c1-2-5-10-11(14)12(17-16-10)13(18)15-8-9-6-3-4-7-9/h9H,2-8,14H2,1H3,(H,15,18)(H,16,17). The summed E-state index contributed by atoms with van der Waals surface area (Å²) in [6.45, 7) is 2.81. The summed E-state index contributed by atoms with van der Waals surface area (Å²) in [6.07, 6.45) is 6.82. The fourth-order valence-corrected chi connectivity index (χ4v) is 2.54. The first-order chi connectivity index (χ1) is 8.72. The predicted molar refractivity (Wildman–Crippen MR) is 71.3 cm³/mol. The Labute approximate surface area is 108 Å². The zero-order valence-electron chi connectivity index (χ0n) is 11.0. The van der Waals surface area contributed by atoms with E-state index in [0.717, 1.165) is 25.1 Å². The molecule has 0 atom stereocenters. The fourth-order valence-electron chi connectivity index (χ4n) is 2.54. The number of aromatic amines is 1. The lowest BCUT2D eigenvalue weighted by molar-refractivity contribution is 0.0943. The van der Waals surface area contributed by atoms with Crippen molar-refractivity contribution in [2.45, 2.75) is 45.4 Å². The number of hydrogen-bond donors (Lipinski definition) is 3. The highest BCUT2D eigenvalue weighted by Crippen LogP contribution is 2.24. The third-order valence-corrected chi connectivity index (χ3v) is 3.62. The van der Waals surface area contributed by atoms with Crippen molar-refractivity contribution < 1.29 is 4.79 Å². The maximum atomic E-state index is 12.0. The molecule has 1 heterocycles. The number of carbonyl (C=O) groups is 1. The number of nitrogens with two attached hydrogens (primary N) is 1. The van der Waals surface area contributed by atoms with Gasteiger partial charge in [-0.2, -0.15) is 5.10 Å². The van der Waals surface area contributed by atoms with Gasteiger partial charge in [-0.1, -0.05) is 26.2 Å². The highest BCUT2D eigenvalue weighted by Gasteiger charge is 2.19. The van der Waals surface area contributed by atoms with Gasteiger partial charge in [0.05, 0.1) is 11.4 Å². The van der Waals surface area contributed by atoms with Crippen LogP contribution < -0.4 is 11.1 Å². The average Bonchev–Trinajstić information content (AvgIpc) is 2.98. The van der Waals surface area contributed by atoms with Gasteiger partial charge in [-0.15, -0.1) is 0 Å². The summed E-state index contributed by atoms with van der Waals surface area (Å²) >= 11 is 0. The van der Waals surface area contributed by atoms with Crippen molar-refractivity contribution in [1.29, 1.82) is 0 Å². The summed E-state index contributed by atoms with van der Waals surface area (Å²) in [7, 11) is 0. The number of anilines is 1. The van der Waals surface area contributed by atoms with E-state index >= 15 is 0 Å². The molecule has 1 fully saturated rings. The Kier molecular flexibility index (Phi) is 4.23. The number of aromatic nitrogens is 2. The first-order valence-corrected chi connectivity index (χ1v) is 6.83. The van der Waals surface area contributed by atoms with E-state index in [0.29, 0.717) is 17.3 Å². The summed E-state index contributed by atoms with van der Waals surface area (Å²) in [5.41, 5.74) is 7.63. The van der Waals surface area contributed by atoms with Crippen LogP contribution in [0.1, 0.15) is 55.2 Å². The minimum Gasteiger partial charge on any atom is -0.395 e. The Hall–Kier alpha value is -1.52. The minimum atomic E-state index is -0.155. The van der Waals surface area contributed by atoms with Crippen LogP contribution in [0.5, 0.6) is 0 Å². The van der Waals surface area contributed by atoms with E-state index in [4.69, 9.17) is 5.73 Å². The molecule has 1 aliphatic carbocycles. The SMILES string of the molecule is CCCc1[nH]nc(C(=O)NCC2CCCC2)c1N. The van der Waals surface area contributed by atoms with Crippen LogP contribution in [-0.4, -0.2) is 22.6 Å². The molecule has 0 aromatic carbocycles. The number of H-pyrrole nitrogens is 1. The molecule has 0 unspecified atom stereocenters. The second-order valence-electron chi connectivity index (χ2n) is 5.07. The Morgan fingerprint density at radius 1 is 1.50 bits per heavy atom. The second kappa shape index (κ2) is 5.89. The number of nitrogens with zero attached hydrogens (tertiary/aromatic N) is 1. The lowest BCUT2D eigenvalue weighted by Crippen LogP contribution is -2.29. The molecule has 1 saturated carbocycles. The molecule has 5 nitrogen and oxygen atoms in total. The molecular weight excluding hydrogens is 228 g/mol. The van der Waals surface area contributed by atoms with Gasteiger partial charge in [0.25, 0.3) is 5.91 Å². The van der Waals surface area contributed by atoms with Crippen LogP contribution in [0.25, 0.3) is 0 Å². The monoisotopic (exact) mass is 250 g/mol. The van der Waals surface area contributed by atoms with Crippen molar-refractivity contribution in [3.05, 3.63) is 11.4 Å². The van der Waals surface area contributed by atoms with Crippen LogP contribution in [0.2, 0.25) is 0 Å². The maximum Gasteiger partial charge on any atom is 0.273 e. The normalized spacial score (nSPS) is 16.1. The minimum absolute atomic E-state index is 0.155. The maximum absolute atomic E-state index is 12.0. The van der Waals surface area contributed by atoms with Crippen molar-refractivity contribution in [3.63, 3.8) is 0 Å². The Morgan fingerprint density at radius 2 is 2.22 bits per heavy atom. The van der Waals surface area contributed by atoms with Crippen molar-refractivity contribution >= 4 is 11.6 Å². The smallest absolute Gasteiger partial charge is 0.273 e. The summed E-state index contributed by atoms with van der Waals surface area (Å²) in [4.78, 5) is 12.0. The molecule has 1 amide bonds. The van der Waals surface area contributed by atoms with E-state index in [1.165, 1.54) is 25.7 Å². The van der Waals surface area contributed by atoms with E-state index in [9.17, 15) is 4.79 Å². The van der Waals surface area contributed by atoms with Gasteiger partial charge in [-0.25, -0.2) is 0 Å². The lowest BCUT2D eigenvalue weighted by Gasteiger charge is -2.09. The topological polar surface area (TPSA) is 83.8 Å². The molecule has 2 rings (SSSR count). The Morgan fingerprint density at radius 3 is 2.89 bits per heavy atom. The molecular formula is C13H22N4O. The van der Waals surface area contributed by atoms with E-state index in [1.54, 1.807) is 0 Å². The van der Waals surface area contributed by atoms with Crippen LogP contribution in [-0.2, 0) is 6.42 Å². The first-order valence-electron chi connectivity index (χ1n) is 6.83. The van der Waals surface area contributed by atoms with Gasteiger partial charge in [-0.3, -0.25) is 9.89 Å². The fraction of sp³-hybridized carbons (Fsp3) is 0.692. The molecule has 1 aromatic rings. The van der Waals surface area contributed by atoms with Gasteiger partial charge in [-0.05, 0) is 25.2 Å². The lowest BCUT2D eigenvalue weighted by atomic mass is 10.1. The van der Waals surface area contributed by atoms with E-state index in [2.05, 4.69) is 22.4 Å². The number of nitrogens with one attached hydrogen (secondary N) is 2. The number of rotatable bonds is 5.